The van der Waals surface area contributed by atoms with E-state index in [1.807, 2.05) is 10.9 Å². The average Bonchev–Trinajstić information content (AvgIpc) is 3.44. The van der Waals surface area contributed by atoms with Gasteiger partial charge in [0.2, 0.25) is 6.10 Å². The van der Waals surface area contributed by atoms with E-state index in [2.05, 4.69) is 25.7 Å². The molecule has 2 aromatic carbocycles. The molecule has 1 atom stereocenters. The maximum absolute atomic E-state index is 14.2. The van der Waals surface area contributed by atoms with Gasteiger partial charge in [-0.2, -0.15) is 5.10 Å². The Morgan fingerprint density at radius 2 is 1.82 bits per heavy atom. The quantitative estimate of drug-likeness (QED) is 0.318. The standard InChI is InChI=1S/C27H26FN7O3/c28-20-8-4-5-9-21(20)34-26(36)24(17-6-2-1-3-7-17)38-27(37)23-25(29)31-15-22(33-23)18-14-32-35(16-18)19-10-12-30-13-11-19/h1-9,14-16,19,24,30H,10-13H2,(H2,29,31)(H,34,36)/t24-/m1/s1. The number of benzene rings is 2. The van der Waals surface area contributed by atoms with E-state index < -0.39 is 23.8 Å². The third-order valence-corrected chi connectivity index (χ3v) is 6.27. The smallest absolute Gasteiger partial charge is 0.361 e. The van der Waals surface area contributed by atoms with Gasteiger partial charge in [-0.15, -0.1) is 0 Å². The summed E-state index contributed by atoms with van der Waals surface area (Å²) in [5, 5.41) is 10.3. The molecule has 4 N–H and O–H groups in total. The predicted molar refractivity (Wildman–Crippen MR) is 138 cm³/mol. The van der Waals surface area contributed by atoms with Gasteiger partial charge in [-0.3, -0.25) is 9.48 Å². The third kappa shape index (κ3) is 5.52. The highest BCUT2D eigenvalue weighted by atomic mass is 19.1. The number of rotatable bonds is 7. The topological polar surface area (TPSA) is 137 Å². The molecule has 0 spiro atoms. The Kier molecular flexibility index (Phi) is 7.36. The highest BCUT2D eigenvalue weighted by Gasteiger charge is 2.28. The van der Waals surface area contributed by atoms with E-state index in [0.717, 1.165) is 25.9 Å². The van der Waals surface area contributed by atoms with Crippen LogP contribution in [-0.4, -0.2) is 44.7 Å². The molecule has 11 heteroatoms. The molecular formula is C27H26FN7O3. The van der Waals surface area contributed by atoms with Crippen molar-refractivity contribution >= 4 is 23.4 Å². The fourth-order valence-corrected chi connectivity index (χ4v) is 4.25. The SMILES string of the molecule is Nc1ncc(-c2cnn(C3CCNCC3)c2)nc1C(=O)O[C@@H](C(=O)Nc1ccccc1F)c1ccccc1. The number of nitrogens with two attached hydrogens (primary N) is 1. The molecule has 38 heavy (non-hydrogen) atoms. The van der Waals surface area contributed by atoms with Gasteiger partial charge in [0.05, 0.1) is 29.8 Å². The molecule has 3 heterocycles. The highest BCUT2D eigenvalue weighted by molar-refractivity contribution is 5.99. The summed E-state index contributed by atoms with van der Waals surface area (Å²) >= 11 is 0. The minimum Gasteiger partial charge on any atom is -0.442 e. The maximum Gasteiger partial charge on any atom is 0.361 e. The van der Waals surface area contributed by atoms with Gasteiger partial charge in [0.15, 0.2) is 11.5 Å². The number of para-hydroxylation sites is 1. The van der Waals surface area contributed by atoms with Crippen molar-refractivity contribution in [1.82, 2.24) is 25.1 Å². The number of esters is 1. The fraction of sp³-hybridized carbons (Fsp3) is 0.222. The van der Waals surface area contributed by atoms with Crippen LogP contribution in [0.2, 0.25) is 0 Å². The Hall–Kier alpha value is -4.64. The monoisotopic (exact) mass is 515 g/mol. The van der Waals surface area contributed by atoms with Crippen LogP contribution in [0.1, 0.15) is 41.0 Å². The number of halogens is 1. The van der Waals surface area contributed by atoms with Gasteiger partial charge < -0.3 is 21.1 Å². The Labute approximate surface area is 218 Å². The van der Waals surface area contributed by atoms with Crippen molar-refractivity contribution in [3.05, 3.63) is 90.3 Å². The first-order chi connectivity index (χ1) is 18.5. The normalized spacial score (nSPS) is 14.6. The summed E-state index contributed by atoms with van der Waals surface area (Å²) in [7, 11) is 0. The fourth-order valence-electron chi connectivity index (χ4n) is 4.25. The van der Waals surface area contributed by atoms with Crippen LogP contribution >= 0.6 is 0 Å². The summed E-state index contributed by atoms with van der Waals surface area (Å²) in [4.78, 5) is 34.8. The number of ether oxygens (including phenoxy) is 1. The summed E-state index contributed by atoms with van der Waals surface area (Å²) in [5.74, 6) is -2.45. The number of carbonyl (C=O) groups excluding carboxylic acids is 2. The number of aromatic nitrogens is 4. The molecule has 1 saturated heterocycles. The number of nitrogens with one attached hydrogen (secondary N) is 2. The first kappa shape index (κ1) is 25.0. The van der Waals surface area contributed by atoms with Crippen molar-refractivity contribution in [2.45, 2.75) is 25.0 Å². The second kappa shape index (κ2) is 11.2. The zero-order valence-corrected chi connectivity index (χ0v) is 20.4. The second-order valence-electron chi connectivity index (χ2n) is 8.84. The first-order valence-corrected chi connectivity index (χ1v) is 12.2. The van der Waals surface area contributed by atoms with Gasteiger partial charge in [0, 0.05) is 17.3 Å². The number of nitrogen functional groups attached to an aromatic ring is 1. The molecule has 1 amide bonds. The average molecular weight is 516 g/mol. The summed E-state index contributed by atoms with van der Waals surface area (Å²) in [5.41, 5.74) is 7.14. The minimum absolute atomic E-state index is 0.0402. The highest BCUT2D eigenvalue weighted by Crippen LogP contribution is 2.26. The molecule has 10 nitrogen and oxygen atoms in total. The number of piperidine rings is 1. The van der Waals surface area contributed by atoms with Crippen molar-refractivity contribution in [2.24, 2.45) is 0 Å². The van der Waals surface area contributed by atoms with Crippen molar-refractivity contribution in [1.29, 1.82) is 0 Å². The lowest BCUT2D eigenvalue weighted by molar-refractivity contribution is -0.125. The zero-order valence-electron chi connectivity index (χ0n) is 20.4. The zero-order chi connectivity index (χ0) is 26.5. The number of anilines is 2. The number of carbonyl (C=O) groups is 2. The number of hydrogen-bond donors (Lipinski definition) is 3. The van der Waals surface area contributed by atoms with E-state index in [-0.39, 0.29) is 23.2 Å². The Morgan fingerprint density at radius 3 is 2.58 bits per heavy atom. The second-order valence-corrected chi connectivity index (χ2v) is 8.84. The summed E-state index contributed by atoms with van der Waals surface area (Å²) in [6.45, 7) is 1.84. The van der Waals surface area contributed by atoms with Crippen molar-refractivity contribution < 1.29 is 18.7 Å². The minimum atomic E-state index is -1.39. The van der Waals surface area contributed by atoms with Gasteiger partial charge >= 0.3 is 5.97 Å². The van der Waals surface area contributed by atoms with E-state index >= 15 is 0 Å². The molecule has 4 aromatic rings. The van der Waals surface area contributed by atoms with Crippen LogP contribution in [0.5, 0.6) is 0 Å². The molecule has 1 aliphatic rings. The van der Waals surface area contributed by atoms with Crippen LogP contribution in [0.3, 0.4) is 0 Å². The lowest BCUT2D eigenvalue weighted by atomic mass is 10.1. The molecule has 0 bridgehead atoms. The predicted octanol–water partition coefficient (Wildman–Crippen LogP) is 3.52. The van der Waals surface area contributed by atoms with Gasteiger partial charge in [-0.25, -0.2) is 19.2 Å². The van der Waals surface area contributed by atoms with E-state index in [1.54, 1.807) is 42.6 Å². The van der Waals surface area contributed by atoms with Crippen LogP contribution in [0.15, 0.2) is 73.2 Å². The Bertz CT molecular complexity index is 1440. The summed E-state index contributed by atoms with van der Waals surface area (Å²) < 4.78 is 21.6. The molecule has 0 unspecified atom stereocenters. The largest absolute Gasteiger partial charge is 0.442 e. The van der Waals surface area contributed by atoms with Crippen molar-refractivity contribution in [2.75, 3.05) is 24.1 Å². The van der Waals surface area contributed by atoms with Crippen LogP contribution in [0, 0.1) is 5.82 Å². The molecule has 5 rings (SSSR count). The number of nitrogens with zero attached hydrogens (tertiary/aromatic N) is 4. The van der Waals surface area contributed by atoms with Crippen molar-refractivity contribution in [3.8, 4) is 11.3 Å². The van der Waals surface area contributed by atoms with Gasteiger partial charge in [0.25, 0.3) is 5.91 Å². The third-order valence-electron chi connectivity index (χ3n) is 6.27. The maximum atomic E-state index is 14.2. The molecule has 0 saturated carbocycles. The number of hydrogen-bond acceptors (Lipinski definition) is 8. The van der Waals surface area contributed by atoms with Crippen molar-refractivity contribution in [3.63, 3.8) is 0 Å². The molecule has 2 aromatic heterocycles. The number of amides is 1. The van der Waals surface area contributed by atoms with Crippen LogP contribution in [0.4, 0.5) is 15.9 Å². The molecule has 0 aliphatic carbocycles. The van der Waals surface area contributed by atoms with Gasteiger partial charge in [0.1, 0.15) is 5.82 Å². The van der Waals surface area contributed by atoms with E-state index in [4.69, 9.17) is 10.5 Å². The molecule has 194 valence electrons. The van der Waals surface area contributed by atoms with Crippen LogP contribution in [0.25, 0.3) is 11.3 Å². The molecule has 0 radical (unpaired) electrons. The van der Waals surface area contributed by atoms with E-state index in [0.29, 0.717) is 16.8 Å². The Balaban J connectivity index is 1.39. The first-order valence-electron chi connectivity index (χ1n) is 12.2. The lowest BCUT2D eigenvalue weighted by Gasteiger charge is -2.22. The van der Waals surface area contributed by atoms with E-state index in [1.165, 1.54) is 24.4 Å². The van der Waals surface area contributed by atoms with Crippen LogP contribution in [-0.2, 0) is 9.53 Å². The van der Waals surface area contributed by atoms with Gasteiger partial charge in [-0.1, -0.05) is 42.5 Å². The molecule has 1 fully saturated rings. The Morgan fingerprint density at radius 1 is 1.08 bits per heavy atom. The van der Waals surface area contributed by atoms with Crippen LogP contribution < -0.4 is 16.4 Å². The molecule has 1 aliphatic heterocycles. The lowest BCUT2D eigenvalue weighted by Crippen LogP contribution is -2.29. The van der Waals surface area contributed by atoms with E-state index in [9.17, 15) is 14.0 Å². The van der Waals surface area contributed by atoms with Gasteiger partial charge in [-0.05, 0) is 38.1 Å². The summed E-state index contributed by atoms with van der Waals surface area (Å²) in [6, 6.07) is 14.4. The molecular weight excluding hydrogens is 489 g/mol. The summed E-state index contributed by atoms with van der Waals surface area (Å²) in [6.07, 6.45) is 5.50.